The molecule has 6 nitrogen and oxygen atoms in total. The highest BCUT2D eigenvalue weighted by atomic mass is 16.5. The lowest BCUT2D eigenvalue weighted by Gasteiger charge is -2.23. The lowest BCUT2D eigenvalue weighted by atomic mass is 10.2. The van der Waals surface area contributed by atoms with E-state index in [4.69, 9.17) is 10.1 Å². The Morgan fingerprint density at radius 2 is 1.72 bits per heavy atom. The minimum absolute atomic E-state index is 0.133. The maximum Gasteiger partial charge on any atom is 0.145 e. The standard InChI is InChI=1S/C21H22N4O2.C2H6/c1-21(2,3)27-14-10-8-13(9-11-14)25-12-17(26)18(19(25)22)20-23-15-6-4-5-7-16(15)24-20;1-2/h4-11,22,26H,12H2,1-3H3,(H,23,24);1-2H3. The van der Waals surface area contributed by atoms with E-state index in [0.717, 1.165) is 22.5 Å². The number of amidine groups is 1. The fraction of sp³-hybridized carbons (Fsp3) is 0.304. The molecule has 0 bridgehead atoms. The van der Waals surface area contributed by atoms with Crippen LogP contribution in [0.1, 0.15) is 40.4 Å². The third kappa shape index (κ3) is 4.26. The molecule has 0 saturated heterocycles. The van der Waals surface area contributed by atoms with Gasteiger partial charge >= 0.3 is 0 Å². The van der Waals surface area contributed by atoms with E-state index < -0.39 is 0 Å². The van der Waals surface area contributed by atoms with Crippen LogP contribution in [0.5, 0.6) is 5.75 Å². The predicted molar refractivity (Wildman–Crippen MR) is 119 cm³/mol. The molecule has 152 valence electrons. The molecule has 0 aliphatic carbocycles. The number of imidazole rings is 1. The van der Waals surface area contributed by atoms with Crippen LogP contribution in [0.4, 0.5) is 5.69 Å². The van der Waals surface area contributed by atoms with E-state index in [0.29, 0.717) is 11.4 Å². The number of benzene rings is 2. The van der Waals surface area contributed by atoms with Gasteiger partial charge in [0.15, 0.2) is 0 Å². The quantitative estimate of drug-likeness (QED) is 0.547. The Hall–Kier alpha value is -3.28. The Morgan fingerprint density at radius 1 is 1.07 bits per heavy atom. The summed E-state index contributed by atoms with van der Waals surface area (Å²) in [5.41, 5.74) is 2.67. The van der Waals surface area contributed by atoms with Crippen LogP contribution in [0.3, 0.4) is 0 Å². The average molecular weight is 393 g/mol. The van der Waals surface area contributed by atoms with Crippen molar-refractivity contribution in [3.8, 4) is 5.75 Å². The number of H-pyrrole nitrogens is 1. The molecule has 6 heteroatoms. The zero-order valence-corrected chi connectivity index (χ0v) is 17.6. The van der Waals surface area contributed by atoms with Crippen LogP contribution in [0.2, 0.25) is 0 Å². The third-order valence-corrected chi connectivity index (χ3v) is 4.30. The van der Waals surface area contributed by atoms with Gasteiger partial charge in [-0.1, -0.05) is 26.0 Å². The number of nitrogens with one attached hydrogen (secondary N) is 2. The molecular weight excluding hydrogens is 364 g/mol. The monoisotopic (exact) mass is 392 g/mol. The van der Waals surface area contributed by atoms with Gasteiger partial charge in [-0.15, -0.1) is 0 Å². The maximum atomic E-state index is 10.5. The first-order valence-corrected chi connectivity index (χ1v) is 9.84. The number of para-hydroxylation sites is 2. The van der Waals surface area contributed by atoms with Gasteiger partial charge in [0.1, 0.15) is 28.8 Å². The van der Waals surface area contributed by atoms with Crippen LogP contribution in [-0.2, 0) is 0 Å². The summed E-state index contributed by atoms with van der Waals surface area (Å²) in [5.74, 6) is 1.63. The fourth-order valence-electron chi connectivity index (χ4n) is 3.17. The molecule has 0 unspecified atom stereocenters. The van der Waals surface area contributed by atoms with Gasteiger partial charge in [-0.05, 0) is 57.2 Å². The first-order valence-electron chi connectivity index (χ1n) is 9.84. The number of hydrogen-bond acceptors (Lipinski definition) is 4. The third-order valence-electron chi connectivity index (χ3n) is 4.30. The van der Waals surface area contributed by atoms with Crippen LogP contribution in [-0.4, -0.2) is 33.1 Å². The maximum absolute atomic E-state index is 10.5. The van der Waals surface area contributed by atoms with Gasteiger partial charge in [-0.3, -0.25) is 5.41 Å². The largest absolute Gasteiger partial charge is 0.509 e. The van der Waals surface area contributed by atoms with E-state index in [1.54, 1.807) is 4.90 Å². The Morgan fingerprint density at radius 3 is 2.34 bits per heavy atom. The lowest BCUT2D eigenvalue weighted by molar-refractivity contribution is 0.131. The molecule has 2 heterocycles. The second-order valence-electron chi connectivity index (χ2n) is 7.57. The van der Waals surface area contributed by atoms with Crippen molar-refractivity contribution in [1.82, 2.24) is 9.97 Å². The van der Waals surface area contributed by atoms with Crippen molar-refractivity contribution in [2.24, 2.45) is 0 Å². The molecule has 2 aromatic carbocycles. The van der Waals surface area contributed by atoms with E-state index in [9.17, 15) is 5.11 Å². The number of nitrogens with zero attached hydrogens (tertiary/aromatic N) is 2. The zero-order valence-electron chi connectivity index (χ0n) is 17.6. The van der Waals surface area contributed by atoms with Gasteiger partial charge in [0, 0.05) is 5.69 Å². The summed E-state index contributed by atoms with van der Waals surface area (Å²) in [6.07, 6.45) is 0. The van der Waals surface area contributed by atoms with Crippen LogP contribution < -0.4 is 9.64 Å². The highest BCUT2D eigenvalue weighted by Gasteiger charge is 2.31. The summed E-state index contributed by atoms with van der Waals surface area (Å²) in [6.45, 7) is 10.2. The van der Waals surface area contributed by atoms with Gasteiger partial charge in [-0.25, -0.2) is 4.98 Å². The molecule has 4 rings (SSSR count). The van der Waals surface area contributed by atoms with Gasteiger partial charge in [0.25, 0.3) is 0 Å². The minimum atomic E-state index is -0.268. The smallest absolute Gasteiger partial charge is 0.145 e. The fourth-order valence-corrected chi connectivity index (χ4v) is 3.17. The van der Waals surface area contributed by atoms with Gasteiger partial charge in [0.05, 0.1) is 23.2 Å². The van der Waals surface area contributed by atoms with Crippen molar-refractivity contribution in [3.63, 3.8) is 0 Å². The van der Waals surface area contributed by atoms with Crippen LogP contribution in [0, 0.1) is 5.41 Å². The SMILES string of the molecule is CC.CC(C)(C)Oc1ccc(N2CC(O)=C(c3nc4ccccc4[nH]3)C2=N)cc1. The van der Waals surface area contributed by atoms with Gasteiger partial charge in [-0.2, -0.15) is 0 Å². The van der Waals surface area contributed by atoms with Crippen molar-refractivity contribution in [3.05, 3.63) is 60.1 Å². The summed E-state index contributed by atoms with van der Waals surface area (Å²) in [7, 11) is 0. The predicted octanol–water partition coefficient (Wildman–Crippen LogP) is 5.53. The highest BCUT2D eigenvalue weighted by Crippen LogP contribution is 2.32. The summed E-state index contributed by atoms with van der Waals surface area (Å²) >= 11 is 0. The molecule has 0 radical (unpaired) electrons. The number of rotatable bonds is 3. The molecule has 0 spiro atoms. The molecule has 3 N–H and O–H groups in total. The average Bonchev–Trinajstić information content (AvgIpc) is 3.23. The summed E-state index contributed by atoms with van der Waals surface area (Å²) in [5, 5.41) is 19.0. The van der Waals surface area contributed by atoms with Gasteiger partial charge < -0.3 is 19.7 Å². The number of anilines is 1. The first kappa shape index (κ1) is 20.5. The number of aromatic nitrogens is 2. The van der Waals surface area contributed by atoms with Crippen molar-refractivity contribution in [2.75, 3.05) is 11.4 Å². The number of ether oxygens (including phenoxy) is 1. The molecular formula is C23H28N4O2. The molecule has 29 heavy (non-hydrogen) atoms. The van der Waals surface area contributed by atoms with Crippen molar-refractivity contribution < 1.29 is 9.84 Å². The number of hydrogen-bond donors (Lipinski definition) is 3. The lowest BCUT2D eigenvalue weighted by Crippen LogP contribution is -2.26. The second-order valence-corrected chi connectivity index (χ2v) is 7.57. The van der Waals surface area contributed by atoms with Gasteiger partial charge in [0.2, 0.25) is 0 Å². The molecule has 0 saturated carbocycles. The van der Waals surface area contributed by atoms with E-state index >= 15 is 0 Å². The van der Waals surface area contributed by atoms with Crippen LogP contribution in [0.25, 0.3) is 16.6 Å². The van der Waals surface area contributed by atoms with Crippen molar-refractivity contribution in [2.45, 2.75) is 40.2 Å². The van der Waals surface area contributed by atoms with E-state index in [1.165, 1.54) is 0 Å². The second kappa shape index (κ2) is 7.99. The molecule has 1 aromatic heterocycles. The van der Waals surface area contributed by atoms with E-state index in [-0.39, 0.29) is 23.7 Å². The Bertz CT molecular complexity index is 1010. The zero-order chi connectivity index (χ0) is 21.2. The molecule has 1 aliphatic heterocycles. The minimum Gasteiger partial charge on any atom is -0.509 e. The van der Waals surface area contributed by atoms with E-state index in [2.05, 4.69) is 9.97 Å². The number of aliphatic hydroxyl groups is 1. The Kier molecular flexibility index (Phi) is 5.64. The number of aliphatic hydroxyl groups excluding tert-OH is 1. The first-order chi connectivity index (χ1) is 13.8. The molecule has 0 amide bonds. The Balaban J connectivity index is 0.00000117. The van der Waals surface area contributed by atoms with Crippen LogP contribution in [0.15, 0.2) is 54.3 Å². The summed E-state index contributed by atoms with van der Waals surface area (Å²) in [6, 6.07) is 15.2. The van der Waals surface area contributed by atoms with Crippen molar-refractivity contribution in [1.29, 1.82) is 5.41 Å². The summed E-state index contributed by atoms with van der Waals surface area (Å²) < 4.78 is 5.84. The normalized spacial score (nSPS) is 14.2. The Labute approximate surface area is 171 Å². The summed E-state index contributed by atoms with van der Waals surface area (Å²) in [4.78, 5) is 9.45. The molecule has 1 aliphatic rings. The topological polar surface area (TPSA) is 85.2 Å². The molecule has 3 aromatic rings. The number of aromatic amines is 1. The van der Waals surface area contributed by atoms with E-state index in [1.807, 2.05) is 83.1 Å². The molecule has 0 fully saturated rings. The highest BCUT2D eigenvalue weighted by molar-refractivity contribution is 6.30. The van der Waals surface area contributed by atoms with Crippen molar-refractivity contribution >= 4 is 28.1 Å². The van der Waals surface area contributed by atoms with Crippen LogP contribution >= 0.6 is 0 Å². The molecule has 0 atom stereocenters. The number of fused-ring (bicyclic) bond motifs is 1.